The molecule has 3 rings (SSSR count). The lowest BCUT2D eigenvalue weighted by molar-refractivity contribution is 0.625. The van der Waals surface area contributed by atoms with E-state index in [1.807, 2.05) is 37.3 Å². The molecule has 1 heterocycles. The van der Waals surface area contributed by atoms with Crippen LogP contribution in [-0.4, -0.2) is 10.7 Å². The number of hydrazone groups is 1. The Morgan fingerprint density at radius 3 is 2.64 bits per heavy atom. The number of hydrogen-bond acceptors (Lipinski definition) is 3. The van der Waals surface area contributed by atoms with Crippen molar-refractivity contribution in [3.63, 3.8) is 0 Å². The Kier molecular flexibility index (Phi) is 3.83. The number of para-hydroxylation sites is 1. The number of aromatic nitrogens is 1. The Morgan fingerprint density at radius 1 is 1.09 bits per heavy atom. The minimum absolute atomic E-state index is 0.284. The molecule has 3 aromatic rings. The Morgan fingerprint density at radius 2 is 1.82 bits per heavy atom. The fourth-order valence-electron chi connectivity index (χ4n) is 2.36. The molecule has 0 aliphatic heterocycles. The van der Waals surface area contributed by atoms with Crippen LogP contribution in [0.3, 0.4) is 0 Å². The SMILES string of the molecule is C/C(=N\Nc1cc(C)c2ccccc2n1)c1ccccc1F. The van der Waals surface area contributed by atoms with Crippen molar-refractivity contribution < 1.29 is 4.39 Å². The first-order chi connectivity index (χ1) is 10.6. The van der Waals surface area contributed by atoms with Gasteiger partial charge in [0.25, 0.3) is 0 Å². The van der Waals surface area contributed by atoms with Gasteiger partial charge in [-0.15, -0.1) is 0 Å². The molecule has 0 amide bonds. The van der Waals surface area contributed by atoms with E-state index >= 15 is 0 Å². The molecule has 2 aromatic carbocycles. The van der Waals surface area contributed by atoms with E-state index in [1.54, 1.807) is 25.1 Å². The van der Waals surface area contributed by atoms with Crippen LogP contribution in [0.5, 0.6) is 0 Å². The third-order valence-corrected chi connectivity index (χ3v) is 3.52. The molecular formula is C18H16FN3. The molecule has 3 nitrogen and oxygen atoms in total. The van der Waals surface area contributed by atoms with Crippen molar-refractivity contribution in [2.75, 3.05) is 5.43 Å². The van der Waals surface area contributed by atoms with Crippen LogP contribution >= 0.6 is 0 Å². The third-order valence-electron chi connectivity index (χ3n) is 3.52. The summed E-state index contributed by atoms with van der Waals surface area (Å²) >= 11 is 0. The van der Waals surface area contributed by atoms with E-state index in [4.69, 9.17) is 0 Å². The molecular weight excluding hydrogens is 277 g/mol. The molecule has 22 heavy (non-hydrogen) atoms. The van der Waals surface area contributed by atoms with E-state index in [-0.39, 0.29) is 5.82 Å². The quantitative estimate of drug-likeness (QED) is 0.569. The lowest BCUT2D eigenvalue weighted by atomic mass is 10.1. The molecule has 4 heteroatoms. The van der Waals surface area contributed by atoms with Gasteiger partial charge in [0.2, 0.25) is 0 Å². The van der Waals surface area contributed by atoms with Crippen molar-refractivity contribution in [3.05, 3.63) is 71.5 Å². The van der Waals surface area contributed by atoms with Gasteiger partial charge in [-0.3, -0.25) is 5.43 Å². The highest BCUT2D eigenvalue weighted by Crippen LogP contribution is 2.20. The summed E-state index contributed by atoms with van der Waals surface area (Å²) in [4.78, 5) is 4.51. The largest absolute Gasteiger partial charge is 0.261 e. The standard InChI is InChI=1S/C18H16FN3/c1-12-11-18(20-17-10-6-4-7-14(12)17)22-21-13(2)15-8-3-5-9-16(15)19/h3-11H,1-2H3,(H,20,22)/b21-13+. The van der Waals surface area contributed by atoms with Crippen LogP contribution in [0.4, 0.5) is 10.2 Å². The maximum atomic E-state index is 13.7. The maximum absolute atomic E-state index is 13.7. The van der Waals surface area contributed by atoms with E-state index in [0.717, 1.165) is 16.5 Å². The topological polar surface area (TPSA) is 37.3 Å². The van der Waals surface area contributed by atoms with Crippen LogP contribution in [0.1, 0.15) is 18.1 Å². The van der Waals surface area contributed by atoms with E-state index in [9.17, 15) is 4.39 Å². The molecule has 0 saturated heterocycles. The number of nitrogens with zero attached hydrogens (tertiary/aromatic N) is 2. The molecule has 0 aliphatic rings. The first-order valence-electron chi connectivity index (χ1n) is 7.07. The normalized spacial score (nSPS) is 11.7. The number of aryl methyl sites for hydroxylation is 1. The average Bonchev–Trinajstić information content (AvgIpc) is 2.53. The second-order valence-electron chi connectivity index (χ2n) is 5.13. The molecule has 0 atom stereocenters. The van der Waals surface area contributed by atoms with Crippen LogP contribution in [0.15, 0.2) is 59.7 Å². The maximum Gasteiger partial charge on any atom is 0.147 e. The summed E-state index contributed by atoms with van der Waals surface area (Å²) in [5, 5.41) is 5.35. The number of anilines is 1. The highest BCUT2D eigenvalue weighted by Gasteiger charge is 2.05. The molecule has 0 spiro atoms. The highest BCUT2D eigenvalue weighted by atomic mass is 19.1. The molecule has 0 fully saturated rings. The predicted octanol–water partition coefficient (Wildman–Crippen LogP) is 4.52. The molecule has 1 N–H and O–H groups in total. The zero-order valence-electron chi connectivity index (χ0n) is 12.5. The zero-order valence-corrected chi connectivity index (χ0v) is 12.5. The van der Waals surface area contributed by atoms with Crippen molar-refractivity contribution in [3.8, 4) is 0 Å². The number of nitrogens with one attached hydrogen (secondary N) is 1. The van der Waals surface area contributed by atoms with Gasteiger partial charge < -0.3 is 0 Å². The molecule has 1 aromatic heterocycles. The molecule has 110 valence electrons. The molecule has 0 saturated carbocycles. The van der Waals surface area contributed by atoms with Gasteiger partial charge in [-0.25, -0.2) is 9.37 Å². The summed E-state index contributed by atoms with van der Waals surface area (Å²) in [6, 6.07) is 16.4. The number of benzene rings is 2. The van der Waals surface area contributed by atoms with Crippen LogP contribution in [0.25, 0.3) is 10.9 Å². The second kappa shape index (κ2) is 5.93. The third kappa shape index (κ3) is 2.81. The number of hydrogen-bond donors (Lipinski definition) is 1. The first kappa shape index (κ1) is 14.2. The van der Waals surface area contributed by atoms with Crippen LogP contribution in [0, 0.1) is 12.7 Å². The lowest BCUT2D eigenvalue weighted by Gasteiger charge is -2.07. The van der Waals surface area contributed by atoms with E-state index in [2.05, 4.69) is 15.5 Å². The number of pyridine rings is 1. The molecule has 0 unspecified atom stereocenters. The fraction of sp³-hybridized carbons (Fsp3) is 0.111. The monoisotopic (exact) mass is 293 g/mol. The van der Waals surface area contributed by atoms with E-state index in [0.29, 0.717) is 17.1 Å². The summed E-state index contributed by atoms with van der Waals surface area (Å²) in [5.41, 5.74) is 5.99. The molecule has 0 aliphatic carbocycles. The van der Waals surface area contributed by atoms with Crippen molar-refractivity contribution in [1.29, 1.82) is 0 Å². The van der Waals surface area contributed by atoms with Gasteiger partial charge in [0.1, 0.15) is 11.6 Å². The Hall–Kier alpha value is -2.75. The first-order valence-corrected chi connectivity index (χ1v) is 7.07. The van der Waals surface area contributed by atoms with Crippen molar-refractivity contribution in [2.45, 2.75) is 13.8 Å². The smallest absolute Gasteiger partial charge is 0.147 e. The number of rotatable bonds is 3. The predicted molar refractivity (Wildman–Crippen MR) is 88.7 cm³/mol. The van der Waals surface area contributed by atoms with Crippen LogP contribution < -0.4 is 5.43 Å². The van der Waals surface area contributed by atoms with Crippen LogP contribution in [0.2, 0.25) is 0 Å². The van der Waals surface area contributed by atoms with Crippen molar-refractivity contribution >= 4 is 22.4 Å². The van der Waals surface area contributed by atoms with E-state index < -0.39 is 0 Å². The van der Waals surface area contributed by atoms with Gasteiger partial charge >= 0.3 is 0 Å². The van der Waals surface area contributed by atoms with Gasteiger partial charge in [0.15, 0.2) is 0 Å². The number of fused-ring (bicyclic) bond motifs is 1. The van der Waals surface area contributed by atoms with Gasteiger partial charge in [0, 0.05) is 10.9 Å². The Labute approximate surface area is 128 Å². The lowest BCUT2D eigenvalue weighted by Crippen LogP contribution is -2.03. The Balaban J connectivity index is 1.90. The average molecular weight is 293 g/mol. The van der Waals surface area contributed by atoms with Crippen molar-refractivity contribution in [1.82, 2.24) is 4.98 Å². The zero-order chi connectivity index (χ0) is 15.5. The summed E-state index contributed by atoms with van der Waals surface area (Å²) in [6.07, 6.45) is 0. The van der Waals surface area contributed by atoms with Crippen LogP contribution in [-0.2, 0) is 0 Å². The number of halogens is 1. The minimum atomic E-state index is -0.284. The summed E-state index contributed by atoms with van der Waals surface area (Å²) < 4.78 is 13.7. The second-order valence-corrected chi connectivity index (χ2v) is 5.13. The van der Waals surface area contributed by atoms with Gasteiger partial charge in [-0.2, -0.15) is 5.10 Å². The van der Waals surface area contributed by atoms with E-state index in [1.165, 1.54) is 6.07 Å². The van der Waals surface area contributed by atoms with Crippen molar-refractivity contribution in [2.24, 2.45) is 5.10 Å². The minimum Gasteiger partial charge on any atom is -0.261 e. The summed E-state index contributed by atoms with van der Waals surface area (Å²) in [6.45, 7) is 3.79. The summed E-state index contributed by atoms with van der Waals surface area (Å²) in [7, 11) is 0. The molecule has 0 bridgehead atoms. The van der Waals surface area contributed by atoms with Gasteiger partial charge in [0.05, 0.1) is 11.2 Å². The fourth-order valence-corrected chi connectivity index (χ4v) is 2.36. The van der Waals surface area contributed by atoms with Gasteiger partial charge in [-0.05, 0) is 37.6 Å². The summed E-state index contributed by atoms with van der Waals surface area (Å²) in [5.74, 6) is 0.361. The Bertz CT molecular complexity index is 856. The molecule has 0 radical (unpaired) electrons. The highest BCUT2D eigenvalue weighted by molar-refractivity contribution is 5.99. The van der Waals surface area contributed by atoms with Gasteiger partial charge in [-0.1, -0.05) is 36.4 Å².